The minimum atomic E-state index is -0.901. The maximum Gasteiger partial charge on any atom is 2.00 e. The van der Waals surface area contributed by atoms with Crippen molar-refractivity contribution in [3.8, 4) is 0 Å². The zero-order valence-corrected chi connectivity index (χ0v) is 38.1. The summed E-state index contributed by atoms with van der Waals surface area (Å²) in [6, 6.07) is 0. The number of hydrogen-bond donors (Lipinski definition) is 0. The molecule has 0 heterocycles. The summed E-state index contributed by atoms with van der Waals surface area (Å²) in [5.74, 6) is -1.80. The molecule has 0 radical (unpaired) electrons. The van der Waals surface area contributed by atoms with Gasteiger partial charge >= 0.3 is 48.9 Å². The molecule has 0 aromatic rings. The van der Waals surface area contributed by atoms with Crippen molar-refractivity contribution in [2.45, 2.75) is 271 Å². The first-order valence-electron chi connectivity index (χ1n) is 21.9. The number of unbranched alkanes of at least 4 members (excludes halogenated alkanes) is 36. The molecule has 0 bridgehead atoms. The van der Waals surface area contributed by atoms with Crippen molar-refractivity contribution in [1.29, 1.82) is 0 Å². The van der Waals surface area contributed by atoms with E-state index in [4.69, 9.17) is 0 Å². The molecule has 0 aromatic heterocycles. The van der Waals surface area contributed by atoms with Gasteiger partial charge in [-0.3, -0.25) is 0 Å². The van der Waals surface area contributed by atoms with Crippen LogP contribution in [0, 0.1) is 0 Å². The summed E-state index contributed by atoms with van der Waals surface area (Å²) >= 11 is 0. The quantitative estimate of drug-likeness (QED) is 0.0456. The van der Waals surface area contributed by atoms with Crippen molar-refractivity contribution in [2.24, 2.45) is 0 Å². The van der Waals surface area contributed by atoms with Crippen molar-refractivity contribution >= 4 is 60.8 Å². The summed E-state index contributed by atoms with van der Waals surface area (Å²) in [5.41, 5.74) is 0. The standard InChI is InChI=1S/2C22H44O2.Ba/c2*1-2-3-4-5-6-7-8-9-10-11-12-13-14-15-16-17-18-19-20-21-22(23)24;/h2*2-21H2,1H3,(H,23,24);/q;;+2/p-2. The van der Waals surface area contributed by atoms with E-state index in [9.17, 15) is 19.8 Å². The van der Waals surface area contributed by atoms with Crippen LogP contribution in [0.2, 0.25) is 0 Å². The number of hydrogen-bond acceptors (Lipinski definition) is 4. The van der Waals surface area contributed by atoms with Crippen molar-refractivity contribution in [3.05, 3.63) is 0 Å². The number of carbonyl (C=O) groups excluding carboxylic acids is 2. The van der Waals surface area contributed by atoms with Gasteiger partial charge in [-0.05, 0) is 25.7 Å². The maximum absolute atomic E-state index is 10.3. The molecule has 0 saturated heterocycles. The SMILES string of the molecule is CCCCCCCCCCCCCCCCCCCCCC(=O)[O-].CCCCCCCCCCCCCCCCCCCCCC(=O)[O-].[Ba+2]. The first-order valence-corrected chi connectivity index (χ1v) is 21.9. The van der Waals surface area contributed by atoms with E-state index in [1.165, 1.54) is 218 Å². The zero-order valence-electron chi connectivity index (χ0n) is 33.6. The number of carbonyl (C=O) groups is 2. The van der Waals surface area contributed by atoms with E-state index in [0.29, 0.717) is 0 Å². The normalized spacial score (nSPS) is 10.8. The molecule has 5 heteroatoms. The number of carboxylic acids is 2. The van der Waals surface area contributed by atoms with Crippen molar-refractivity contribution in [3.63, 3.8) is 0 Å². The Bertz CT molecular complexity index is 560. The molecule has 4 nitrogen and oxygen atoms in total. The van der Waals surface area contributed by atoms with Gasteiger partial charge < -0.3 is 19.8 Å². The minimum absolute atomic E-state index is 0. The van der Waals surface area contributed by atoms with E-state index in [2.05, 4.69) is 13.8 Å². The summed E-state index contributed by atoms with van der Waals surface area (Å²) in [6.07, 6.45) is 51.5. The second-order valence-corrected chi connectivity index (χ2v) is 15.0. The first-order chi connectivity index (χ1) is 23.5. The summed E-state index contributed by atoms with van der Waals surface area (Å²) < 4.78 is 0. The summed E-state index contributed by atoms with van der Waals surface area (Å²) in [4.78, 5) is 20.5. The van der Waals surface area contributed by atoms with Gasteiger partial charge in [0.2, 0.25) is 0 Å². The number of aliphatic carboxylic acids is 2. The summed E-state index contributed by atoms with van der Waals surface area (Å²) in [5, 5.41) is 20.5. The Labute approximate surface area is 348 Å². The Hall–Kier alpha value is 0.511. The Morgan fingerprint density at radius 2 is 0.388 bits per heavy atom. The fraction of sp³-hybridized carbons (Fsp3) is 0.955. The average Bonchev–Trinajstić information content (AvgIpc) is 3.07. The molecule has 0 amide bonds. The van der Waals surface area contributed by atoms with E-state index < -0.39 is 11.9 Å². The number of carboxylic acid groups (broad SMARTS) is 2. The van der Waals surface area contributed by atoms with Gasteiger partial charge in [-0.2, -0.15) is 0 Å². The van der Waals surface area contributed by atoms with Gasteiger partial charge in [0.05, 0.1) is 0 Å². The molecule has 0 aromatic carbocycles. The smallest absolute Gasteiger partial charge is 0.550 e. The fourth-order valence-electron chi connectivity index (χ4n) is 6.70. The van der Waals surface area contributed by atoms with Gasteiger partial charge in [-0.1, -0.05) is 245 Å². The third-order valence-corrected chi connectivity index (χ3v) is 9.97. The van der Waals surface area contributed by atoms with E-state index in [-0.39, 0.29) is 61.7 Å². The third kappa shape index (κ3) is 58.1. The van der Waals surface area contributed by atoms with Crippen LogP contribution in [0.5, 0.6) is 0 Å². The van der Waals surface area contributed by atoms with Crippen LogP contribution in [0.15, 0.2) is 0 Å². The van der Waals surface area contributed by atoms with Gasteiger partial charge in [0.25, 0.3) is 0 Å². The Morgan fingerprint density at radius 1 is 0.265 bits per heavy atom. The molecule has 288 valence electrons. The largest absolute Gasteiger partial charge is 2.00 e. The molecule has 0 spiro atoms. The first kappa shape index (κ1) is 53.9. The van der Waals surface area contributed by atoms with Crippen LogP contribution in [0.3, 0.4) is 0 Å². The second kappa shape index (κ2) is 50.6. The van der Waals surface area contributed by atoms with E-state index in [1.807, 2.05) is 0 Å². The van der Waals surface area contributed by atoms with Crippen LogP contribution in [0.25, 0.3) is 0 Å². The topological polar surface area (TPSA) is 80.3 Å². The van der Waals surface area contributed by atoms with E-state index in [0.717, 1.165) is 25.7 Å². The van der Waals surface area contributed by atoms with Crippen LogP contribution < -0.4 is 10.2 Å². The molecule has 0 unspecified atom stereocenters. The molecule has 49 heavy (non-hydrogen) atoms. The van der Waals surface area contributed by atoms with Crippen LogP contribution in [0.1, 0.15) is 271 Å². The van der Waals surface area contributed by atoms with Gasteiger partial charge in [0.15, 0.2) is 0 Å². The predicted octanol–water partition coefficient (Wildman–Crippen LogP) is 12.7. The minimum Gasteiger partial charge on any atom is -0.550 e. The van der Waals surface area contributed by atoms with Crippen LogP contribution >= 0.6 is 0 Å². The fourth-order valence-corrected chi connectivity index (χ4v) is 6.70. The molecule has 0 aliphatic heterocycles. The molecule has 0 atom stereocenters. The monoisotopic (exact) mass is 817 g/mol. The molecule has 0 saturated carbocycles. The molecule has 0 aliphatic carbocycles. The van der Waals surface area contributed by atoms with E-state index >= 15 is 0 Å². The summed E-state index contributed by atoms with van der Waals surface area (Å²) in [7, 11) is 0. The van der Waals surface area contributed by atoms with Gasteiger partial charge in [-0.25, -0.2) is 0 Å². The average molecular weight is 816 g/mol. The van der Waals surface area contributed by atoms with E-state index in [1.54, 1.807) is 0 Å². The Morgan fingerprint density at radius 3 is 0.510 bits per heavy atom. The van der Waals surface area contributed by atoms with Crippen LogP contribution in [0.4, 0.5) is 0 Å². The Balaban J connectivity index is -0.000000846. The molecular formula is C44H86BaO4. The predicted molar refractivity (Wildman–Crippen MR) is 212 cm³/mol. The molecule has 0 N–H and O–H groups in total. The van der Waals surface area contributed by atoms with Gasteiger partial charge in [0.1, 0.15) is 0 Å². The van der Waals surface area contributed by atoms with Gasteiger partial charge in [0, 0.05) is 11.9 Å². The number of rotatable bonds is 40. The molecule has 0 aliphatic rings. The van der Waals surface area contributed by atoms with Crippen molar-refractivity contribution < 1.29 is 19.8 Å². The molecule has 0 rings (SSSR count). The van der Waals surface area contributed by atoms with Crippen molar-refractivity contribution in [2.75, 3.05) is 0 Å². The maximum atomic E-state index is 10.3. The van der Waals surface area contributed by atoms with Gasteiger partial charge in [-0.15, -0.1) is 0 Å². The second-order valence-electron chi connectivity index (χ2n) is 15.0. The van der Waals surface area contributed by atoms with Crippen LogP contribution in [-0.4, -0.2) is 60.8 Å². The Kier molecular flexibility index (Phi) is 55.6. The zero-order chi connectivity index (χ0) is 35.4. The summed E-state index contributed by atoms with van der Waals surface area (Å²) in [6.45, 7) is 4.56. The molecule has 0 fully saturated rings. The van der Waals surface area contributed by atoms with Crippen LogP contribution in [-0.2, 0) is 9.59 Å². The third-order valence-electron chi connectivity index (χ3n) is 9.97. The molecular weight excluding hydrogens is 730 g/mol. The van der Waals surface area contributed by atoms with Crippen molar-refractivity contribution in [1.82, 2.24) is 0 Å².